The van der Waals surface area contributed by atoms with Gasteiger partial charge in [-0.2, -0.15) is 0 Å². The number of hydrogen-bond donors (Lipinski definition) is 0. The molecule has 1 aromatic heterocycles. The fourth-order valence-electron chi connectivity index (χ4n) is 4.54. The number of alkyl halides is 2. The first kappa shape index (κ1) is 26.4. The molecule has 2 aliphatic heterocycles. The summed E-state index contributed by atoms with van der Waals surface area (Å²) in [4.78, 5) is 51.0. The Morgan fingerprint density at radius 1 is 1.16 bits per heavy atom. The Balaban J connectivity index is 1.29. The Labute approximate surface area is 214 Å². The first-order valence-corrected chi connectivity index (χ1v) is 12.2. The number of aromatic nitrogens is 2. The van der Waals surface area contributed by atoms with E-state index in [0.717, 1.165) is 0 Å². The van der Waals surface area contributed by atoms with Gasteiger partial charge in [-0.25, -0.2) is 18.7 Å². The Kier molecular flexibility index (Phi) is 7.42. The minimum atomic E-state index is -2.77. The summed E-state index contributed by atoms with van der Waals surface area (Å²) in [6.07, 6.45) is 6.60. The molecular formula is C26H31F2N5O4. The number of amides is 2. The number of allylic oxidation sites excluding steroid dienone is 4. The van der Waals surface area contributed by atoms with Crippen molar-refractivity contribution in [2.75, 3.05) is 43.5 Å². The van der Waals surface area contributed by atoms with E-state index < -0.39 is 36.6 Å². The van der Waals surface area contributed by atoms with Crippen molar-refractivity contribution in [2.45, 2.75) is 38.2 Å². The van der Waals surface area contributed by atoms with E-state index in [4.69, 9.17) is 4.74 Å². The van der Waals surface area contributed by atoms with Gasteiger partial charge < -0.3 is 19.4 Å². The second-order valence-electron chi connectivity index (χ2n) is 9.84. The summed E-state index contributed by atoms with van der Waals surface area (Å²) in [5.41, 5.74) is 0.676. The van der Waals surface area contributed by atoms with Gasteiger partial charge >= 0.3 is 0 Å². The zero-order chi connectivity index (χ0) is 26.9. The standard InChI is InChI=1S/C26H31F2N5O4/c1-5-20(7-6-16(2)22(34)17-10-26(27,28)11-17)37-21-8-9-33(24(21)36)19-12-29-25(30-13-19)32-14-18(15-32)23(35)31(3)4/h5-7,12-13,17-18,21H,2,8-11,14-15H2,1,3-4H3/b7-6-,20-5+/t21-/m1/s1. The van der Waals surface area contributed by atoms with Crippen LogP contribution in [0, 0.1) is 11.8 Å². The lowest BCUT2D eigenvalue weighted by Gasteiger charge is -2.39. The van der Waals surface area contributed by atoms with Crippen LogP contribution < -0.4 is 9.80 Å². The summed E-state index contributed by atoms with van der Waals surface area (Å²) < 4.78 is 32.0. The molecule has 0 unspecified atom stereocenters. The summed E-state index contributed by atoms with van der Waals surface area (Å²) in [6, 6.07) is 0. The number of ether oxygens (including phenoxy) is 1. The molecule has 1 atom stereocenters. The van der Waals surface area contributed by atoms with Crippen LogP contribution in [0.25, 0.3) is 0 Å². The normalized spacial score (nSPS) is 22.1. The molecule has 3 fully saturated rings. The molecule has 1 saturated carbocycles. The van der Waals surface area contributed by atoms with Crippen LogP contribution in [-0.2, 0) is 19.1 Å². The summed E-state index contributed by atoms with van der Waals surface area (Å²) in [5, 5.41) is 0. The van der Waals surface area contributed by atoms with Gasteiger partial charge in [0.25, 0.3) is 5.91 Å². The number of carbonyl (C=O) groups is 3. The maximum atomic E-state index is 13.1. The van der Waals surface area contributed by atoms with Crippen LogP contribution >= 0.6 is 0 Å². The number of nitrogens with zero attached hydrogens (tertiary/aromatic N) is 5. The molecule has 0 radical (unpaired) electrons. The maximum Gasteiger partial charge on any atom is 0.268 e. The molecule has 11 heteroatoms. The average Bonchev–Trinajstić information content (AvgIpc) is 3.18. The average molecular weight is 516 g/mol. The molecule has 0 aromatic carbocycles. The number of carbonyl (C=O) groups excluding carboxylic acids is 3. The number of hydrogen-bond acceptors (Lipinski definition) is 7. The van der Waals surface area contributed by atoms with E-state index in [1.807, 2.05) is 4.90 Å². The van der Waals surface area contributed by atoms with Gasteiger partial charge in [0.15, 0.2) is 11.9 Å². The first-order chi connectivity index (χ1) is 17.5. The van der Waals surface area contributed by atoms with E-state index in [2.05, 4.69) is 16.5 Å². The summed E-state index contributed by atoms with van der Waals surface area (Å²) in [5.74, 6) is -3.22. The largest absolute Gasteiger partial charge is 0.481 e. The molecule has 2 saturated heterocycles. The maximum absolute atomic E-state index is 13.1. The molecule has 9 nitrogen and oxygen atoms in total. The molecular weight excluding hydrogens is 484 g/mol. The predicted octanol–water partition coefficient (Wildman–Crippen LogP) is 2.75. The SMILES string of the molecule is C=C(/C=C\C(=C/C)O[C@@H]1CCN(c2cnc(N3CC(C(=O)N(C)C)C3)nc2)C1=O)C(=O)C1CC(F)(F)C1. The van der Waals surface area contributed by atoms with E-state index >= 15 is 0 Å². The van der Waals surface area contributed by atoms with Crippen molar-refractivity contribution in [1.29, 1.82) is 0 Å². The molecule has 0 spiro atoms. The van der Waals surface area contributed by atoms with Gasteiger partial charge in [0, 0.05) is 64.5 Å². The Morgan fingerprint density at radius 2 is 1.81 bits per heavy atom. The number of Topliss-reactive ketones (excluding diaryl/α,β-unsaturated/α-hetero) is 1. The first-order valence-electron chi connectivity index (χ1n) is 12.2. The molecule has 198 valence electrons. The van der Waals surface area contributed by atoms with E-state index in [9.17, 15) is 23.2 Å². The fraction of sp³-hybridized carbons (Fsp3) is 0.500. The highest BCUT2D eigenvalue weighted by Crippen LogP contribution is 2.43. The highest BCUT2D eigenvalue weighted by Gasteiger charge is 2.48. The molecule has 2 amide bonds. The van der Waals surface area contributed by atoms with Gasteiger partial charge in [0.2, 0.25) is 17.8 Å². The van der Waals surface area contributed by atoms with E-state index in [-0.39, 0.29) is 23.3 Å². The molecule has 1 aromatic rings. The molecule has 1 aliphatic carbocycles. The number of anilines is 2. The predicted molar refractivity (Wildman–Crippen MR) is 133 cm³/mol. The third-order valence-electron chi connectivity index (χ3n) is 6.84. The quantitative estimate of drug-likeness (QED) is 0.284. The van der Waals surface area contributed by atoms with Crippen LogP contribution in [0.15, 0.2) is 48.5 Å². The molecule has 37 heavy (non-hydrogen) atoms. The van der Waals surface area contributed by atoms with Crippen LogP contribution in [0.5, 0.6) is 0 Å². The van der Waals surface area contributed by atoms with Crippen molar-refractivity contribution < 1.29 is 27.9 Å². The van der Waals surface area contributed by atoms with Crippen LogP contribution in [0.3, 0.4) is 0 Å². The van der Waals surface area contributed by atoms with E-state index in [1.54, 1.807) is 49.3 Å². The smallest absolute Gasteiger partial charge is 0.268 e. The Hall–Kier alpha value is -3.63. The molecule has 0 N–H and O–H groups in total. The van der Waals surface area contributed by atoms with Crippen molar-refractivity contribution in [3.05, 3.63) is 48.5 Å². The van der Waals surface area contributed by atoms with E-state index in [1.165, 1.54) is 12.2 Å². The van der Waals surface area contributed by atoms with Crippen molar-refractivity contribution in [3.63, 3.8) is 0 Å². The zero-order valence-corrected chi connectivity index (χ0v) is 21.2. The Bertz CT molecular complexity index is 1130. The van der Waals surface area contributed by atoms with Crippen LogP contribution in [-0.4, -0.2) is 78.2 Å². The lowest BCUT2D eigenvalue weighted by atomic mass is 9.76. The third kappa shape index (κ3) is 5.70. The molecule has 0 bridgehead atoms. The molecule has 4 rings (SSSR count). The van der Waals surface area contributed by atoms with Gasteiger partial charge in [-0.3, -0.25) is 14.4 Å². The van der Waals surface area contributed by atoms with Crippen LogP contribution in [0.2, 0.25) is 0 Å². The van der Waals surface area contributed by atoms with Gasteiger partial charge in [0.1, 0.15) is 5.76 Å². The third-order valence-corrected chi connectivity index (χ3v) is 6.84. The van der Waals surface area contributed by atoms with Crippen molar-refractivity contribution in [1.82, 2.24) is 14.9 Å². The van der Waals surface area contributed by atoms with E-state index in [0.29, 0.717) is 43.4 Å². The summed E-state index contributed by atoms with van der Waals surface area (Å²) >= 11 is 0. The van der Waals surface area contributed by atoms with Gasteiger partial charge in [-0.05, 0) is 25.2 Å². The van der Waals surface area contributed by atoms with Gasteiger partial charge in [-0.1, -0.05) is 6.58 Å². The molecule has 3 heterocycles. The van der Waals surface area contributed by atoms with Crippen LogP contribution in [0.4, 0.5) is 20.4 Å². The summed E-state index contributed by atoms with van der Waals surface area (Å²) in [6.45, 7) is 6.95. The van der Waals surface area contributed by atoms with Crippen molar-refractivity contribution in [2.24, 2.45) is 11.8 Å². The highest BCUT2D eigenvalue weighted by atomic mass is 19.3. The van der Waals surface area contributed by atoms with Gasteiger partial charge in [0.05, 0.1) is 24.0 Å². The number of halogens is 2. The minimum absolute atomic E-state index is 0.0653. The molecule has 3 aliphatic rings. The lowest BCUT2D eigenvalue weighted by Crippen LogP contribution is -2.54. The van der Waals surface area contributed by atoms with Crippen LogP contribution in [0.1, 0.15) is 26.2 Å². The van der Waals surface area contributed by atoms with Crippen molar-refractivity contribution >= 4 is 29.2 Å². The van der Waals surface area contributed by atoms with Crippen molar-refractivity contribution in [3.8, 4) is 0 Å². The lowest BCUT2D eigenvalue weighted by molar-refractivity contribution is -0.144. The highest BCUT2D eigenvalue weighted by molar-refractivity contribution is 6.00. The monoisotopic (exact) mass is 515 g/mol. The topological polar surface area (TPSA) is 95.9 Å². The number of rotatable bonds is 9. The number of ketones is 1. The second-order valence-corrected chi connectivity index (χ2v) is 9.84. The summed E-state index contributed by atoms with van der Waals surface area (Å²) in [7, 11) is 3.46. The minimum Gasteiger partial charge on any atom is -0.481 e. The van der Waals surface area contributed by atoms with Gasteiger partial charge in [-0.15, -0.1) is 0 Å². The Morgan fingerprint density at radius 3 is 2.38 bits per heavy atom. The zero-order valence-electron chi connectivity index (χ0n) is 21.2. The fourth-order valence-corrected chi connectivity index (χ4v) is 4.54. The second kappa shape index (κ2) is 10.4.